The molecule has 2 aliphatic rings. The first-order valence-electron chi connectivity index (χ1n) is 8.08. The standard InChI is InChI=1S/C17H26FN3/c1-20-11-13(10-19)8-17(20)14-4-5-15(16(18)9-14)12-21-6-2-3-7-21/h4-5,9,13,17H,2-3,6-8,10-12,19H2,1H3. The molecule has 0 radical (unpaired) electrons. The van der Waals surface area contributed by atoms with Crippen LogP contribution >= 0.6 is 0 Å². The quantitative estimate of drug-likeness (QED) is 0.924. The molecule has 21 heavy (non-hydrogen) atoms. The number of nitrogens with zero attached hydrogens (tertiary/aromatic N) is 2. The fraction of sp³-hybridized carbons (Fsp3) is 0.647. The Balaban J connectivity index is 1.71. The summed E-state index contributed by atoms with van der Waals surface area (Å²) in [6.07, 6.45) is 3.53. The van der Waals surface area contributed by atoms with Crippen LogP contribution in [0.3, 0.4) is 0 Å². The maximum absolute atomic E-state index is 14.4. The number of hydrogen-bond acceptors (Lipinski definition) is 3. The molecule has 2 fully saturated rings. The summed E-state index contributed by atoms with van der Waals surface area (Å²) in [6, 6.07) is 6.14. The molecule has 2 N–H and O–H groups in total. The van der Waals surface area contributed by atoms with Crippen molar-refractivity contribution in [1.29, 1.82) is 0 Å². The van der Waals surface area contributed by atoms with Gasteiger partial charge in [-0.05, 0) is 63.5 Å². The molecule has 1 aromatic carbocycles. The molecule has 1 aromatic rings. The van der Waals surface area contributed by atoms with Crippen molar-refractivity contribution in [3.8, 4) is 0 Å². The number of nitrogens with two attached hydrogens (primary N) is 1. The Morgan fingerprint density at radius 1 is 1.29 bits per heavy atom. The number of halogens is 1. The summed E-state index contributed by atoms with van der Waals surface area (Å²) < 4.78 is 14.4. The Labute approximate surface area is 126 Å². The monoisotopic (exact) mass is 291 g/mol. The van der Waals surface area contributed by atoms with Crippen LogP contribution in [0.5, 0.6) is 0 Å². The maximum Gasteiger partial charge on any atom is 0.128 e. The van der Waals surface area contributed by atoms with Crippen molar-refractivity contribution < 1.29 is 4.39 Å². The Morgan fingerprint density at radius 3 is 2.67 bits per heavy atom. The molecule has 2 aliphatic heterocycles. The molecule has 2 unspecified atom stereocenters. The van der Waals surface area contributed by atoms with Crippen LogP contribution in [0.2, 0.25) is 0 Å². The summed E-state index contributed by atoms with van der Waals surface area (Å²) in [5.74, 6) is 0.483. The number of benzene rings is 1. The van der Waals surface area contributed by atoms with Crippen LogP contribution in [0.25, 0.3) is 0 Å². The van der Waals surface area contributed by atoms with Gasteiger partial charge in [-0.2, -0.15) is 0 Å². The zero-order valence-corrected chi connectivity index (χ0v) is 12.9. The minimum absolute atomic E-state index is 0.0519. The van der Waals surface area contributed by atoms with Crippen LogP contribution in [0, 0.1) is 11.7 Å². The van der Waals surface area contributed by atoms with Crippen molar-refractivity contribution >= 4 is 0 Å². The second kappa shape index (κ2) is 6.42. The number of hydrogen-bond donors (Lipinski definition) is 1. The van der Waals surface area contributed by atoms with Crippen LogP contribution in [-0.4, -0.2) is 43.0 Å². The van der Waals surface area contributed by atoms with Gasteiger partial charge in [0, 0.05) is 24.7 Å². The summed E-state index contributed by atoms with van der Waals surface area (Å²) in [6.45, 7) is 4.68. The molecule has 0 saturated carbocycles. The summed E-state index contributed by atoms with van der Waals surface area (Å²) >= 11 is 0. The van der Waals surface area contributed by atoms with Crippen LogP contribution in [-0.2, 0) is 6.54 Å². The van der Waals surface area contributed by atoms with Gasteiger partial charge in [-0.25, -0.2) is 4.39 Å². The van der Waals surface area contributed by atoms with Crippen LogP contribution in [0.15, 0.2) is 18.2 Å². The average Bonchev–Trinajstić information content (AvgIpc) is 3.10. The third-order valence-electron chi connectivity index (χ3n) is 5.02. The first-order chi connectivity index (χ1) is 10.2. The summed E-state index contributed by atoms with van der Waals surface area (Å²) in [5.41, 5.74) is 7.70. The predicted molar refractivity (Wildman–Crippen MR) is 83.4 cm³/mol. The smallest absolute Gasteiger partial charge is 0.128 e. The maximum atomic E-state index is 14.4. The molecule has 2 atom stereocenters. The second-order valence-electron chi connectivity index (χ2n) is 6.63. The summed E-state index contributed by atoms with van der Waals surface area (Å²) in [7, 11) is 2.11. The van der Waals surface area contributed by atoms with Crippen molar-refractivity contribution in [2.75, 3.05) is 33.2 Å². The highest BCUT2D eigenvalue weighted by molar-refractivity contribution is 5.27. The minimum Gasteiger partial charge on any atom is -0.330 e. The fourth-order valence-corrected chi connectivity index (χ4v) is 3.75. The van der Waals surface area contributed by atoms with Crippen molar-refractivity contribution in [3.63, 3.8) is 0 Å². The molecular formula is C17H26FN3. The Kier molecular flexibility index (Phi) is 4.57. The van der Waals surface area contributed by atoms with Crippen LogP contribution in [0.4, 0.5) is 4.39 Å². The normalized spacial score (nSPS) is 27.6. The largest absolute Gasteiger partial charge is 0.330 e. The van der Waals surface area contributed by atoms with Gasteiger partial charge >= 0.3 is 0 Å². The van der Waals surface area contributed by atoms with Gasteiger partial charge in [0.05, 0.1) is 0 Å². The van der Waals surface area contributed by atoms with E-state index in [4.69, 9.17) is 5.73 Å². The third-order valence-corrected chi connectivity index (χ3v) is 5.02. The lowest BCUT2D eigenvalue weighted by Gasteiger charge is -2.21. The summed E-state index contributed by atoms with van der Waals surface area (Å²) in [4.78, 5) is 4.64. The van der Waals surface area contributed by atoms with Gasteiger partial charge in [-0.15, -0.1) is 0 Å². The van der Waals surface area contributed by atoms with E-state index in [0.29, 0.717) is 12.0 Å². The number of likely N-dealkylation sites (tertiary alicyclic amines) is 2. The number of rotatable bonds is 4. The van der Waals surface area contributed by atoms with Crippen molar-refractivity contribution in [2.24, 2.45) is 11.7 Å². The molecule has 0 aliphatic carbocycles. The van der Waals surface area contributed by atoms with Gasteiger partial charge in [0.1, 0.15) is 5.82 Å². The molecule has 0 amide bonds. The van der Waals surface area contributed by atoms with E-state index >= 15 is 0 Å². The minimum atomic E-state index is -0.0519. The first kappa shape index (κ1) is 14.9. The SMILES string of the molecule is CN1CC(CN)CC1c1ccc(CN2CCCC2)c(F)c1. The molecule has 2 heterocycles. The Morgan fingerprint density at radius 2 is 2.05 bits per heavy atom. The van der Waals surface area contributed by atoms with E-state index in [9.17, 15) is 4.39 Å². The van der Waals surface area contributed by atoms with Crippen molar-refractivity contribution in [2.45, 2.75) is 31.8 Å². The van der Waals surface area contributed by atoms with Crippen molar-refractivity contribution in [1.82, 2.24) is 9.80 Å². The van der Waals surface area contributed by atoms with Gasteiger partial charge in [-0.1, -0.05) is 12.1 Å². The van der Waals surface area contributed by atoms with Crippen LogP contribution < -0.4 is 5.73 Å². The van der Waals surface area contributed by atoms with E-state index in [2.05, 4.69) is 22.9 Å². The van der Waals surface area contributed by atoms with Gasteiger partial charge in [0.25, 0.3) is 0 Å². The van der Waals surface area contributed by atoms with Crippen molar-refractivity contribution in [3.05, 3.63) is 35.1 Å². The van der Waals surface area contributed by atoms with Crippen LogP contribution in [0.1, 0.15) is 36.4 Å². The summed E-state index contributed by atoms with van der Waals surface area (Å²) in [5, 5.41) is 0. The van der Waals surface area contributed by atoms with Gasteiger partial charge in [0.2, 0.25) is 0 Å². The van der Waals surface area contributed by atoms with Gasteiger partial charge in [-0.3, -0.25) is 9.80 Å². The molecule has 0 aromatic heterocycles. The lowest BCUT2D eigenvalue weighted by Crippen LogP contribution is -2.21. The van der Waals surface area contributed by atoms with E-state index < -0.39 is 0 Å². The molecule has 2 saturated heterocycles. The lowest BCUT2D eigenvalue weighted by molar-refractivity contribution is 0.311. The zero-order chi connectivity index (χ0) is 14.8. The Bertz CT molecular complexity index is 485. The fourth-order valence-electron chi connectivity index (χ4n) is 3.75. The molecule has 4 heteroatoms. The molecule has 3 nitrogen and oxygen atoms in total. The van der Waals surface area contributed by atoms with E-state index in [1.807, 2.05) is 6.07 Å². The molecular weight excluding hydrogens is 265 g/mol. The van der Waals surface area contributed by atoms with E-state index in [-0.39, 0.29) is 5.82 Å². The average molecular weight is 291 g/mol. The Hall–Kier alpha value is -0.970. The highest BCUT2D eigenvalue weighted by atomic mass is 19.1. The lowest BCUT2D eigenvalue weighted by atomic mass is 9.98. The highest BCUT2D eigenvalue weighted by Gasteiger charge is 2.30. The molecule has 0 spiro atoms. The molecule has 3 rings (SSSR count). The van der Waals surface area contributed by atoms with E-state index in [1.165, 1.54) is 12.8 Å². The van der Waals surface area contributed by atoms with E-state index in [0.717, 1.165) is 50.3 Å². The first-order valence-corrected chi connectivity index (χ1v) is 8.08. The second-order valence-corrected chi connectivity index (χ2v) is 6.63. The van der Waals surface area contributed by atoms with Gasteiger partial charge < -0.3 is 5.73 Å². The molecule has 0 bridgehead atoms. The van der Waals surface area contributed by atoms with E-state index in [1.54, 1.807) is 6.07 Å². The topological polar surface area (TPSA) is 32.5 Å². The predicted octanol–water partition coefficient (Wildman–Crippen LogP) is 2.37. The zero-order valence-electron chi connectivity index (χ0n) is 12.9. The highest BCUT2D eigenvalue weighted by Crippen LogP contribution is 2.34. The third kappa shape index (κ3) is 3.28. The van der Waals surface area contributed by atoms with Gasteiger partial charge in [0.15, 0.2) is 0 Å². The molecule has 116 valence electrons.